The Bertz CT molecular complexity index is 699. The van der Waals surface area contributed by atoms with Crippen LogP contribution < -0.4 is 0 Å². The van der Waals surface area contributed by atoms with Gasteiger partial charge in [0.2, 0.25) is 0 Å². The van der Waals surface area contributed by atoms with Crippen LogP contribution in [0, 0.1) is 40.4 Å². The molecule has 4 nitrogen and oxygen atoms in total. The van der Waals surface area contributed by atoms with Crippen molar-refractivity contribution in [1.82, 2.24) is 4.90 Å². The Kier molecular flexibility index (Phi) is 5.63. The lowest BCUT2D eigenvalue weighted by Gasteiger charge is -2.60. The van der Waals surface area contributed by atoms with Gasteiger partial charge in [0.25, 0.3) is 0 Å². The third kappa shape index (κ3) is 3.83. The first-order chi connectivity index (χ1) is 14.6. The highest BCUT2D eigenvalue weighted by atomic mass is 16.3. The molecule has 0 bridgehead atoms. The number of aliphatic hydroxyl groups excluding tert-OH is 1. The molecule has 1 saturated heterocycles. The molecule has 1 heterocycles. The molecule has 8 atom stereocenters. The normalized spacial score (nSPS) is 51.1. The third-order valence-electron chi connectivity index (χ3n) is 11.1. The van der Waals surface area contributed by atoms with Gasteiger partial charge in [-0.25, -0.2) is 0 Å². The molecule has 176 valence electrons. The summed E-state index contributed by atoms with van der Waals surface area (Å²) in [6, 6.07) is 0. The molecule has 0 radical (unpaired) electrons. The van der Waals surface area contributed by atoms with Crippen molar-refractivity contribution in [3.63, 3.8) is 0 Å². The SMILES string of the molecule is C[C@@]1(O)CC[C@@H]2[C@H]3CC[C@]4(C)[C@@H](C(=O)CN5CCC(O)CC5)CC[C@H]4[C@@H]3CC[C@]2(C)C1. The van der Waals surface area contributed by atoms with Crippen LogP contribution >= 0.6 is 0 Å². The Morgan fingerprint density at radius 2 is 1.55 bits per heavy atom. The predicted molar refractivity (Wildman–Crippen MR) is 123 cm³/mol. The summed E-state index contributed by atoms with van der Waals surface area (Å²) in [4.78, 5) is 15.7. The first-order valence-electron chi connectivity index (χ1n) is 13.3. The number of carbonyl (C=O) groups excluding carboxylic acids is 1. The summed E-state index contributed by atoms with van der Waals surface area (Å²) in [7, 11) is 0. The van der Waals surface area contributed by atoms with Crippen LogP contribution in [0.3, 0.4) is 0 Å². The van der Waals surface area contributed by atoms with Gasteiger partial charge in [-0.3, -0.25) is 9.69 Å². The van der Waals surface area contributed by atoms with E-state index in [9.17, 15) is 15.0 Å². The summed E-state index contributed by atoms with van der Waals surface area (Å²) in [5.41, 5.74) is 0.0292. The fourth-order valence-electron chi connectivity index (χ4n) is 9.57. The standard InChI is InChI=1S/C27H45NO3/c1-25-11-6-20-19(21(25)8-12-26(2,31)17-25)7-13-27(3)22(20)4-5-23(27)24(30)16-28-14-9-18(29)10-15-28/h18-23,29,31H,4-17H2,1-3H3/t19-,20+,21+,22-,23+,25+,26+,27-/m0/s1. The molecule has 0 unspecified atom stereocenters. The highest BCUT2D eigenvalue weighted by molar-refractivity contribution is 5.84. The number of aliphatic hydroxyl groups is 2. The summed E-state index contributed by atoms with van der Waals surface area (Å²) in [6.07, 6.45) is 12.0. The van der Waals surface area contributed by atoms with E-state index in [2.05, 4.69) is 25.7 Å². The van der Waals surface area contributed by atoms with Gasteiger partial charge >= 0.3 is 0 Å². The smallest absolute Gasteiger partial charge is 0.150 e. The van der Waals surface area contributed by atoms with E-state index in [1.54, 1.807) is 0 Å². The predicted octanol–water partition coefficient (Wildman–Crippen LogP) is 4.42. The molecule has 2 N–H and O–H groups in total. The fourth-order valence-corrected chi connectivity index (χ4v) is 9.57. The minimum atomic E-state index is -0.476. The molecule has 0 spiro atoms. The molecule has 0 aromatic heterocycles. The zero-order valence-corrected chi connectivity index (χ0v) is 20.1. The van der Waals surface area contributed by atoms with Gasteiger partial charge in [-0.2, -0.15) is 0 Å². The zero-order chi connectivity index (χ0) is 22.0. The number of nitrogens with zero attached hydrogens (tertiary/aromatic N) is 1. The number of hydrogen-bond acceptors (Lipinski definition) is 4. The maximum Gasteiger partial charge on any atom is 0.150 e. The molecule has 5 aliphatic rings. The average Bonchev–Trinajstić information content (AvgIpc) is 3.05. The summed E-state index contributed by atoms with van der Waals surface area (Å²) < 4.78 is 0. The van der Waals surface area contributed by atoms with E-state index in [1.165, 1.54) is 38.5 Å². The van der Waals surface area contributed by atoms with E-state index in [-0.39, 0.29) is 17.4 Å². The molecule has 4 aliphatic carbocycles. The van der Waals surface area contributed by atoms with Gasteiger partial charge in [0.05, 0.1) is 18.2 Å². The van der Waals surface area contributed by atoms with Crippen molar-refractivity contribution in [3.8, 4) is 0 Å². The number of Topliss-reactive ketones (excluding diaryl/α,β-unsaturated/α-hetero) is 1. The van der Waals surface area contributed by atoms with Crippen LogP contribution in [0.4, 0.5) is 0 Å². The lowest BCUT2D eigenvalue weighted by Crippen LogP contribution is -2.55. The summed E-state index contributed by atoms with van der Waals surface area (Å²) in [5.74, 6) is 3.81. The summed E-state index contributed by atoms with van der Waals surface area (Å²) >= 11 is 0. The number of likely N-dealkylation sites (tertiary alicyclic amines) is 1. The van der Waals surface area contributed by atoms with Crippen molar-refractivity contribution >= 4 is 5.78 Å². The Morgan fingerprint density at radius 1 is 0.871 bits per heavy atom. The number of hydrogen-bond donors (Lipinski definition) is 2. The molecule has 5 rings (SSSR count). The molecule has 0 aromatic carbocycles. The van der Waals surface area contributed by atoms with Crippen LogP contribution in [0.5, 0.6) is 0 Å². The minimum Gasteiger partial charge on any atom is -0.393 e. The maximum absolute atomic E-state index is 13.4. The van der Waals surface area contributed by atoms with Gasteiger partial charge in [-0.05, 0) is 112 Å². The second-order valence-corrected chi connectivity index (χ2v) is 13.1. The minimum absolute atomic E-state index is 0.171. The Morgan fingerprint density at radius 3 is 2.29 bits per heavy atom. The average molecular weight is 432 g/mol. The van der Waals surface area contributed by atoms with E-state index in [0.717, 1.165) is 68.9 Å². The van der Waals surface area contributed by atoms with Gasteiger partial charge in [0.15, 0.2) is 0 Å². The van der Waals surface area contributed by atoms with Gasteiger partial charge in [0.1, 0.15) is 5.78 Å². The quantitative estimate of drug-likeness (QED) is 0.694. The van der Waals surface area contributed by atoms with E-state index in [1.807, 2.05) is 0 Å². The zero-order valence-electron chi connectivity index (χ0n) is 20.1. The second kappa shape index (κ2) is 7.81. The summed E-state index contributed by atoms with van der Waals surface area (Å²) in [5, 5.41) is 20.5. The molecule has 1 aliphatic heterocycles. The van der Waals surface area contributed by atoms with Crippen molar-refractivity contribution in [1.29, 1.82) is 0 Å². The Balaban J connectivity index is 1.28. The Hall–Kier alpha value is -0.450. The second-order valence-electron chi connectivity index (χ2n) is 13.1. The van der Waals surface area contributed by atoms with Crippen LogP contribution in [0.1, 0.15) is 91.4 Å². The van der Waals surface area contributed by atoms with Crippen LogP contribution in [0.15, 0.2) is 0 Å². The fraction of sp³-hybridized carbons (Fsp3) is 0.963. The Labute approximate surface area is 189 Å². The molecular formula is C27H45NO3. The topological polar surface area (TPSA) is 60.8 Å². The first-order valence-corrected chi connectivity index (χ1v) is 13.3. The first kappa shape index (κ1) is 22.3. The van der Waals surface area contributed by atoms with Crippen LogP contribution in [0.25, 0.3) is 0 Å². The van der Waals surface area contributed by atoms with Gasteiger partial charge < -0.3 is 10.2 Å². The molecule has 4 heteroatoms. The van der Waals surface area contributed by atoms with E-state index in [4.69, 9.17) is 0 Å². The van der Waals surface area contributed by atoms with Crippen molar-refractivity contribution in [3.05, 3.63) is 0 Å². The van der Waals surface area contributed by atoms with Crippen LogP contribution in [-0.2, 0) is 4.79 Å². The van der Waals surface area contributed by atoms with E-state index in [0.29, 0.717) is 17.7 Å². The number of carbonyl (C=O) groups is 1. The molecular weight excluding hydrogens is 386 g/mol. The molecule has 0 amide bonds. The lowest BCUT2D eigenvalue weighted by molar-refractivity contribution is -0.145. The van der Waals surface area contributed by atoms with E-state index >= 15 is 0 Å². The van der Waals surface area contributed by atoms with Gasteiger partial charge in [-0.15, -0.1) is 0 Å². The number of fused-ring (bicyclic) bond motifs is 5. The van der Waals surface area contributed by atoms with Gasteiger partial charge in [0, 0.05) is 19.0 Å². The van der Waals surface area contributed by atoms with Crippen molar-refractivity contribution in [2.45, 2.75) is 103 Å². The maximum atomic E-state index is 13.4. The van der Waals surface area contributed by atoms with Crippen LogP contribution in [-0.4, -0.2) is 52.2 Å². The number of rotatable bonds is 3. The lowest BCUT2D eigenvalue weighted by atomic mass is 9.45. The van der Waals surface area contributed by atoms with Crippen LogP contribution in [0.2, 0.25) is 0 Å². The summed E-state index contributed by atoms with van der Waals surface area (Å²) in [6.45, 7) is 9.32. The number of ketones is 1. The molecule has 31 heavy (non-hydrogen) atoms. The highest BCUT2D eigenvalue weighted by Gasteiger charge is 2.60. The van der Waals surface area contributed by atoms with Crippen molar-refractivity contribution in [2.75, 3.05) is 19.6 Å². The van der Waals surface area contributed by atoms with Gasteiger partial charge in [-0.1, -0.05) is 13.8 Å². The number of piperidine rings is 1. The monoisotopic (exact) mass is 431 g/mol. The van der Waals surface area contributed by atoms with Crippen molar-refractivity contribution < 1.29 is 15.0 Å². The molecule has 0 aromatic rings. The van der Waals surface area contributed by atoms with Crippen molar-refractivity contribution in [2.24, 2.45) is 40.4 Å². The van der Waals surface area contributed by atoms with E-state index < -0.39 is 5.60 Å². The molecule has 5 fully saturated rings. The largest absolute Gasteiger partial charge is 0.393 e. The molecule has 4 saturated carbocycles. The third-order valence-corrected chi connectivity index (χ3v) is 11.1. The highest BCUT2D eigenvalue weighted by Crippen LogP contribution is 2.67.